The van der Waals surface area contributed by atoms with Crippen molar-refractivity contribution >= 4 is 45.9 Å². The summed E-state index contributed by atoms with van der Waals surface area (Å²) in [5.74, 6) is 0.658. The summed E-state index contributed by atoms with van der Waals surface area (Å²) in [6.07, 6.45) is 3.73. The molecule has 0 bridgehead atoms. The molecule has 5 heterocycles. The molecule has 13 heteroatoms. The van der Waals surface area contributed by atoms with Gasteiger partial charge in [-0.15, -0.1) is 0 Å². The number of halogens is 4. The van der Waals surface area contributed by atoms with Crippen molar-refractivity contribution in [3.63, 3.8) is 0 Å². The van der Waals surface area contributed by atoms with Gasteiger partial charge in [-0.2, -0.15) is 13.2 Å². The van der Waals surface area contributed by atoms with Crippen molar-refractivity contribution in [3.8, 4) is 11.5 Å². The van der Waals surface area contributed by atoms with E-state index < -0.39 is 12.1 Å². The summed E-state index contributed by atoms with van der Waals surface area (Å²) in [5, 5.41) is 4.56. The van der Waals surface area contributed by atoms with Crippen LogP contribution in [0.3, 0.4) is 0 Å². The molecule has 1 atom stereocenters. The normalized spacial score (nSPS) is 17.8. The molecule has 1 amide bonds. The number of piperidine rings is 1. The minimum absolute atomic E-state index is 0.0371. The minimum Gasteiger partial charge on any atom is -0.456 e. The zero-order valence-electron chi connectivity index (χ0n) is 23.1. The summed E-state index contributed by atoms with van der Waals surface area (Å²) in [4.78, 5) is 31.8. The van der Waals surface area contributed by atoms with Gasteiger partial charge < -0.3 is 24.8 Å². The first-order valence-electron chi connectivity index (χ1n) is 13.9. The number of aromatic nitrogens is 4. The lowest BCUT2D eigenvalue weighted by atomic mass is 9.89. The smallest absolute Gasteiger partial charge is 0.393 e. The SMILES string of the molecule is C=CC(=O)N1CCC(c2c[nH]c3ncnc(Nc4ccc(Oc5ccnc(N6CCC(C(F)(F)F)C6)c5)c(Cl)c4)c23)CC1. The van der Waals surface area contributed by atoms with E-state index in [-0.39, 0.29) is 31.3 Å². The number of likely N-dealkylation sites (tertiary alicyclic amines) is 1. The summed E-state index contributed by atoms with van der Waals surface area (Å²) in [7, 11) is 0. The Kier molecular flexibility index (Phi) is 7.87. The molecule has 0 saturated carbocycles. The van der Waals surface area contributed by atoms with Gasteiger partial charge in [0.15, 0.2) is 0 Å². The van der Waals surface area contributed by atoms with E-state index in [2.05, 4.69) is 31.8 Å². The van der Waals surface area contributed by atoms with Crippen molar-refractivity contribution in [2.75, 3.05) is 36.4 Å². The molecule has 2 fully saturated rings. The van der Waals surface area contributed by atoms with Crippen LogP contribution in [0.15, 0.2) is 61.7 Å². The Morgan fingerprint density at radius 1 is 1.12 bits per heavy atom. The molecule has 43 heavy (non-hydrogen) atoms. The Labute approximate surface area is 250 Å². The Morgan fingerprint density at radius 2 is 1.93 bits per heavy atom. The number of rotatable bonds is 7. The van der Waals surface area contributed by atoms with E-state index in [9.17, 15) is 18.0 Å². The number of fused-ring (bicyclic) bond motifs is 1. The van der Waals surface area contributed by atoms with Crippen molar-refractivity contribution < 1.29 is 22.7 Å². The molecule has 6 rings (SSSR count). The second-order valence-corrected chi connectivity index (χ2v) is 11.1. The summed E-state index contributed by atoms with van der Waals surface area (Å²) >= 11 is 6.59. The number of carbonyl (C=O) groups excluding carboxylic acids is 1. The van der Waals surface area contributed by atoms with Crippen LogP contribution in [-0.2, 0) is 4.79 Å². The van der Waals surface area contributed by atoms with Crippen LogP contribution in [0.5, 0.6) is 11.5 Å². The number of ether oxygens (including phenoxy) is 1. The highest BCUT2D eigenvalue weighted by molar-refractivity contribution is 6.32. The zero-order chi connectivity index (χ0) is 30.1. The predicted octanol–water partition coefficient (Wildman–Crippen LogP) is 6.82. The Balaban J connectivity index is 1.16. The van der Waals surface area contributed by atoms with Crippen LogP contribution in [0.4, 0.5) is 30.5 Å². The molecule has 2 saturated heterocycles. The lowest BCUT2D eigenvalue weighted by Gasteiger charge is -2.31. The molecule has 4 aromatic rings. The van der Waals surface area contributed by atoms with Gasteiger partial charge in [0.05, 0.1) is 16.3 Å². The number of anilines is 3. The molecule has 224 valence electrons. The third-order valence-corrected chi connectivity index (χ3v) is 8.33. The van der Waals surface area contributed by atoms with Crippen LogP contribution in [-0.4, -0.2) is 63.1 Å². The molecule has 2 aliphatic rings. The van der Waals surface area contributed by atoms with Gasteiger partial charge in [-0.3, -0.25) is 4.79 Å². The third kappa shape index (κ3) is 6.10. The summed E-state index contributed by atoms with van der Waals surface area (Å²) < 4.78 is 45.4. The fraction of sp³-hybridized carbons (Fsp3) is 0.333. The number of hydrogen-bond donors (Lipinski definition) is 2. The quantitative estimate of drug-likeness (QED) is 0.221. The fourth-order valence-corrected chi connectivity index (χ4v) is 5.96. The number of aromatic amines is 1. The van der Waals surface area contributed by atoms with E-state index in [1.165, 1.54) is 18.6 Å². The monoisotopic (exact) mass is 611 g/mol. The number of hydrogen-bond acceptors (Lipinski definition) is 7. The van der Waals surface area contributed by atoms with Crippen molar-refractivity contribution in [2.24, 2.45) is 5.92 Å². The molecule has 3 aromatic heterocycles. The topological polar surface area (TPSA) is 99.3 Å². The summed E-state index contributed by atoms with van der Waals surface area (Å²) in [6, 6.07) is 8.48. The highest BCUT2D eigenvalue weighted by Crippen LogP contribution is 2.39. The van der Waals surface area contributed by atoms with Crippen molar-refractivity contribution in [1.29, 1.82) is 0 Å². The maximum absolute atomic E-state index is 13.1. The first kappa shape index (κ1) is 28.8. The fourth-order valence-electron chi connectivity index (χ4n) is 5.74. The maximum Gasteiger partial charge on any atom is 0.393 e. The molecule has 2 aliphatic heterocycles. The van der Waals surface area contributed by atoms with Gasteiger partial charge in [-0.05, 0) is 61.1 Å². The van der Waals surface area contributed by atoms with Crippen LogP contribution < -0.4 is 15.0 Å². The largest absolute Gasteiger partial charge is 0.456 e. The van der Waals surface area contributed by atoms with Crippen molar-refractivity contribution in [2.45, 2.75) is 31.4 Å². The van der Waals surface area contributed by atoms with Gasteiger partial charge in [0.2, 0.25) is 5.91 Å². The predicted molar refractivity (Wildman–Crippen MR) is 158 cm³/mol. The molecule has 9 nitrogen and oxygen atoms in total. The number of carbonyl (C=O) groups is 1. The first-order chi connectivity index (χ1) is 20.7. The van der Waals surface area contributed by atoms with Crippen molar-refractivity contribution in [1.82, 2.24) is 24.8 Å². The lowest BCUT2D eigenvalue weighted by Crippen LogP contribution is -2.36. The van der Waals surface area contributed by atoms with E-state index in [0.29, 0.717) is 52.6 Å². The van der Waals surface area contributed by atoms with Gasteiger partial charge in [0.25, 0.3) is 0 Å². The average Bonchev–Trinajstić information content (AvgIpc) is 3.68. The second-order valence-electron chi connectivity index (χ2n) is 10.7. The number of amides is 1. The molecular weight excluding hydrogens is 583 g/mol. The van der Waals surface area contributed by atoms with Crippen LogP contribution in [0.25, 0.3) is 11.0 Å². The lowest BCUT2D eigenvalue weighted by molar-refractivity contribution is -0.168. The van der Waals surface area contributed by atoms with Gasteiger partial charge in [-0.1, -0.05) is 18.2 Å². The Bertz CT molecular complexity index is 1650. The van der Waals surface area contributed by atoms with E-state index in [1.807, 2.05) is 11.1 Å². The van der Waals surface area contributed by atoms with Gasteiger partial charge in [0.1, 0.15) is 35.1 Å². The Hall–Kier alpha value is -4.32. The van der Waals surface area contributed by atoms with Crippen LogP contribution >= 0.6 is 11.6 Å². The van der Waals surface area contributed by atoms with Gasteiger partial charge in [-0.25, -0.2) is 15.0 Å². The summed E-state index contributed by atoms with van der Waals surface area (Å²) in [5.41, 5.74) is 2.47. The van der Waals surface area contributed by atoms with E-state index >= 15 is 0 Å². The maximum atomic E-state index is 13.1. The Morgan fingerprint density at radius 3 is 2.65 bits per heavy atom. The zero-order valence-corrected chi connectivity index (χ0v) is 23.8. The molecular formula is C30H29ClF3N7O2. The van der Waals surface area contributed by atoms with Gasteiger partial charge >= 0.3 is 6.18 Å². The third-order valence-electron chi connectivity index (χ3n) is 8.04. The number of pyridine rings is 1. The number of H-pyrrole nitrogens is 1. The van der Waals surface area contributed by atoms with Crippen molar-refractivity contribution in [3.05, 3.63) is 72.3 Å². The molecule has 0 spiro atoms. The van der Waals surface area contributed by atoms with Gasteiger partial charge in [0, 0.05) is 50.3 Å². The molecule has 0 aliphatic carbocycles. The second kappa shape index (κ2) is 11.8. The molecule has 1 aromatic carbocycles. The molecule has 1 unspecified atom stereocenters. The van der Waals surface area contributed by atoms with Crippen LogP contribution in [0.2, 0.25) is 5.02 Å². The highest BCUT2D eigenvalue weighted by Gasteiger charge is 2.43. The minimum atomic E-state index is -4.23. The number of nitrogens with zero attached hydrogens (tertiary/aromatic N) is 5. The van der Waals surface area contributed by atoms with E-state index in [4.69, 9.17) is 16.3 Å². The van der Waals surface area contributed by atoms with Crippen LogP contribution in [0.1, 0.15) is 30.7 Å². The number of alkyl halides is 3. The standard InChI is InChI=1S/C30H29ClF3N7O2/c1-2-26(42)40-10-6-18(7-11-40)22-15-36-28-27(22)29(38-17-37-28)39-20-3-4-24(23(31)13-20)43-21-5-9-35-25(14-21)41-12-8-19(16-41)30(32,33)34/h2-5,9,13-15,17-19H,1,6-8,10-12,16H2,(H2,36,37,38,39). The molecule has 2 N–H and O–H groups in total. The summed E-state index contributed by atoms with van der Waals surface area (Å²) in [6.45, 7) is 5.03. The first-order valence-corrected chi connectivity index (χ1v) is 14.3. The van der Waals surface area contributed by atoms with Crippen LogP contribution in [0, 0.1) is 5.92 Å². The highest BCUT2D eigenvalue weighted by atomic mass is 35.5. The molecule has 0 radical (unpaired) electrons. The van der Waals surface area contributed by atoms with E-state index in [1.54, 1.807) is 35.2 Å². The average molecular weight is 612 g/mol. The number of nitrogens with one attached hydrogen (secondary N) is 2. The number of benzene rings is 1. The van der Waals surface area contributed by atoms with E-state index in [0.717, 1.165) is 23.8 Å².